The van der Waals surface area contributed by atoms with E-state index >= 15 is 0 Å². The average Bonchev–Trinajstić information content (AvgIpc) is 3.51. The fraction of sp³-hybridized carbons (Fsp3) is 0.457. The number of methoxy groups -OCH3 is 1. The number of thioether (sulfide) groups is 1. The smallest absolute Gasteiger partial charge is 0.184 e. The number of carbonyl (C=O) groups is 1. The molecule has 9 heteroatoms. The number of nitrogens with zero attached hydrogens (tertiary/aromatic N) is 1. The molecule has 4 aliphatic rings. The predicted octanol–water partition coefficient (Wildman–Crippen LogP) is 5.22. The third-order valence-electron chi connectivity index (χ3n) is 8.86. The van der Waals surface area contributed by atoms with E-state index in [0.717, 1.165) is 10.5 Å². The van der Waals surface area contributed by atoms with Crippen molar-refractivity contribution in [2.75, 3.05) is 20.3 Å². The second-order valence-corrected chi connectivity index (χ2v) is 13.5. The number of ether oxygens (including phenoxy) is 6. The summed E-state index contributed by atoms with van der Waals surface area (Å²) >= 11 is 1.67. The summed E-state index contributed by atoms with van der Waals surface area (Å²) in [4.78, 5) is 18.2. The van der Waals surface area contributed by atoms with Gasteiger partial charge in [0.05, 0.1) is 18.6 Å². The Balaban J connectivity index is 1.26. The standard InChI is InChI=1S/C35H39NO7S/c1-35(2)42-25-20-36(19-22-13-7-4-8-14-22)28(30(25)43-35)32(44-24-17-11-6-12-18-24)27-29(37)31-26(40-34(27)38-3)21-39-33(41-31)23-15-9-5-10-16-23/h4-18,25-28,30-34H,19-21H2,1-3H3/t25-,26+,27-,28-,30-,31+,32?,33+,34-/m0/s1. The van der Waals surface area contributed by atoms with Gasteiger partial charge in [-0.15, -0.1) is 11.8 Å². The maximum atomic E-state index is 14.7. The number of rotatable bonds is 8. The summed E-state index contributed by atoms with van der Waals surface area (Å²) < 4.78 is 37.9. The van der Waals surface area contributed by atoms with Gasteiger partial charge < -0.3 is 28.4 Å². The maximum absolute atomic E-state index is 14.7. The minimum absolute atomic E-state index is 0.0351. The lowest BCUT2D eigenvalue weighted by Gasteiger charge is -2.47. The van der Waals surface area contributed by atoms with E-state index in [1.807, 2.05) is 68.4 Å². The highest BCUT2D eigenvalue weighted by molar-refractivity contribution is 8.00. The second kappa shape index (κ2) is 12.7. The van der Waals surface area contributed by atoms with Gasteiger partial charge in [-0.1, -0.05) is 78.9 Å². The minimum Gasteiger partial charge on any atom is -0.355 e. The lowest BCUT2D eigenvalue weighted by atomic mass is 9.85. The van der Waals surface area contributed by atoms with Crippen molar-refractivity contribution in [1.29, 1.82) is 0 Å². The third-order valence-corrected chi connectivity index (χ3v) is 10.3. The highest BCUT2D eigenvalue weighted by Gasteiger charge is 2.60. The number of Topliss-reactive ketones (excluding diaryl/α,β-unsaturated/α-hetero) is 1. The van der Waals surface area contributed by atoms with Crippen LogP contribution in [-0.4, -0.2) is 78.7 Å². The summed E-state index contributed by atoms with van der Waals surface area (Å²) in [5, 5.41) is -0.298. The highest BCUT2D eigenvalue weighted by Crippen LogP contribution is 2.47. The molecule has 9 atom stereocenters. The fourth-order valence-electron chi connectivity index (χ4n) is 7.02. The van der Waals surface area contributed by atoms with Crippen LogP contribution in [-0.2, 0) is 39.8 Å². The largest absolute Gasteiger partial charge is 0.355 e. The van der Waals surface area contributed by atoms with Crippen molar-refractivity contribution in [3.63, 3.8) is 0 Å². The molecule has 8 nitrogen and oxygen atoms in total. The molecule has 3 aromatic rings. The number of ketones is 1. The number of hydrogen-bond acceptors (Lipinski definition) is 9. The summed E-state index contributed by atoms with van der Waals surface area (Å²) in [5.41, 5.74) is 2.05. The molecule has 4 saturated heterocycles. The zero-order valence-corrected chi connectivity index (χ0v) is 26.0. The van der Waals surface area contributed by atoms with Gasteiger partial charge in [-0.2, -0.15) is 0 Å². The molecule has 0 aromatic heterocycles. The first-order valence-electron chi connectivity index (χ1n) is 15.3. The van der Waals surface area contributed by atoms with Crippen LogP contribution in [0, 0.1) is 5.92 Å². The zero-order valence-electron chi connectivity index (χ0n) is 25.2. The molecule has 3 aromatic carbocycles. The fourth-order valence-corrected chi connectivity index (χ4v) is 8.53. The van der Waals surface area contributed by atoms with Gasteiger partial charge >= 0.3 is 0 Å². The van der Waals surface area contributed by atoms with E-state index in [-0.39, 0.29) is 35.9 Å². The van der Waals surface area contributed by atoms with Gasteiger partial charge in [-0.25, -0.2) is 0 Å². The Labute approximate surface area is 262 Å². The molecule has 0 saturated carbocycles. The van der Waals surface area contributed by atoms with Crippen molar-refractivity contribution in [2.24, 2.45) is 5.92 Å². The molecular weight excluding hydrogens is 578 g/mol. The van der Waals surface area contributed by atoms with Crippen molar-refractivity contribution in [1.82, 2.24) is 4.90 Å². The molecule has 0 spiro atoms. The first-order chi connectivity index (χ1) is 21.4. The van der Waals surface area contributed by atoms with Crippen molar-refractivity contribution in [2.45, 2.75) is 79.4 Å². The Morgan fingerprint density at radius 3 is 2.30 bits per heavy atom. The van der Waals surface area contributed by atoms with E-state index in [1.165, 1.54) is 5.56 Å². The Hall–Kier alpha value is -2.60. The van der Waals surface area contributed by atoms with Crippen LogP contribution in [0.25, 0.3) is 0 Å². The number of likely N-dealkylation sites (tertiary alicyclic amines) is 1. The Kier molecular flexibility index (Phi) is 8.65. The summed E-state index contributed by atoms with van der Waals surface area (Å²) in [7, 11) is 1.60. The first-order valence-corrected chi connectivity index (χ1v) is 16.2. The molecule has 4 aliphatic heterocycles. The second-order valence-electron chi connectivity index (χ2n) is 12.3. The van der Waals surface area contributed by atoms with Crippen molar-refractivity contribution >= 4 is 17.5 Å². The molecule has 1 unspecified atom stereocenters. The van der Waals surface area contributed by atoms with Crippen LogP contribution < -0.4 is 0 Å². The third kappa shape index (κ3) is 6.00. The van der Waals surface area contributed by atoms with Crippen LogP contribution >= 0.6 is 11.8 Å². The molecule has 0 N–H and O–H groups in total. The normalized spacial score (nSPS) is 33.9. The molecule has 0 radical (unpaired) electrons. The maximum Gasteiger partial charge on any atom is 0.184 e. The topological polar surface area (TPSA) is 75.7 Å². The lowest BCUT2D eigenvalue weighted by molar-refractivity contribution is -0.309. The zero-order chi connectivity index (χ0) is 30.3. The van der Waals surface area contributed by atoms with E-state index in [0.29, 0.717) is 13.1 Å². The molecule has 0 bridgehead atoms. The van der Waals surface area contributed by atoms with Gasteiger partial charge in [0.2, 0.25) is 0 Å². The van der Waals surface area contributed by atoms with Crippen LogP contribution in [0.3, 0.4) is 0 Å². The van der Waals surface area contributed by atoms with E-state index in [9.17, 15) is 4.79 Å². The summed E-state index contributed by atoms with van der Waals surface area (Å²) in [6.07, 6.45) is -3.16. The van der Waals surface area contributed by atoms with Crippen LogP contribution in [0.15, 0.2) is 95.9 Å². The van der Waals surface area contributed by atoms with E-state index in [2.05, 4.69) is 41.3 Å². The van der Waals surface area contributed by atoms with Gasteiger partial charge in [-0.3, -0.25) is 9.69 Å². The molecule has 7 rings (SSSR count). The lowest BCUT2D eigenvalue weighted by Crippen LogP contribution is -2.62. The molecule has 4 fully saturated rings. The van der Waals surface area contributed by atoms with Gasteiger partial charge in [0.25, 0.3) is 0 Å². The summed E-state index contributed by atoms with van der Waals surface area (Å²) in [6.45, 7) is 5.54. The predicted molar refractivity (Wildman–Crippen MR) is 165 cm³/mol. The molecule has 4 heterocycles. The van der Waals surface area contributed by atoms with Crippen molar-refractivity contribution in [3.8, 4) is 0 Å². The number of hydrogen-bond donors (Lipinski definition) is 0. The average molecular weight is 618 g/mol. The molecule has 0 aliphatic carbocycles. The van der Waals surface area contributed by atoms with E-state index < -0.39 is 36.5 Å². The molecule has 44 heavy (non-hydrogen) atoms. The van der Waals surface area contributed by atoms with E-state index in [1.54, 1.807) is 18.9 Å². The van der Waals surface area contributed by atoms with Crippen molar-refractivity contribution in [3.05, 3.63) is 102 Å². The van der Waals surface area contributed by atoms with Crippen molar-refractivity contribution < 1.29 is 33.2 Å². The van der Waals surface area contributed by atoms with Crippen LogP contribution in [0.4, 0.5) is 0 Å². The Morgan fingerprint density at radius 2 is 1.59 bits per heavy atom. The summed E-state index contributed by atoms with van der Waals surface area (Å²) in [6, 6.07) is 30.1. The number of fused-ring (bicyclic) bond motifs is 2. The summed E-state index contributed by atoms with van der Waals surface area (Å²) in [5.74, 6) is -1.40. The first kappa shape index (κ1) is 30.1. The van der Waals surface area contributed by atoms with Gasteiger partial charge in [0.1, 0.15) is 24.4 Å². The van der Waals surface area contributed by atoms with Crippen LogP contribution in [0.5, 0.6) is 0 Å². The molecule has 0 amide bonds. The van der Waals surface area contributed by atoms with Gasteiger partial charge in [-0.05, 0) is 31.5 Å². The monoisotopic (exact) mass is 617 g/mol. The van der Waals surface area contributed by atoms with Gasteiger partial charge in [0, 0.05) is 35.9 Å². The van der Waals surface area contributed by atoms with E-state index in [4.69, 9.17) is 28.4 Å². The Morgan fingerprint density at radius 1 is 0.909 bits per heavy atom. The van der Waals surface area contributed by atoms with Crippen LogP contribution in [0.2, 0.25) is 0 Å². The minimum atomic E-state index is -0.791. The SMILES string of the molecule is CO[C@H]1O[C@@H]2CO[C@@H](c3ccccc3)O[C@H]2C(=O)[C@H]1C(Sc1ccccc1)[C@@H]1[C@H]2OC(C)(C)O[C@H]2CN1Cc1ccccc1. The number of carbonyl (C=O) groups excluding carboxylic acids is 1. The molecular formula is C35H39NO7S. The van der Waals surface area contributed by atoms with Gasteiger partial charge in [0.15, 0.2) is 24.2 Å². The quantitative estimate of drug-likeness (QED) is 0.316. The molecule has 232 valence electrons. The number of benzene rings is 3. The Bertz CT molecular complexity index is 1410. The highest BCUT2D eigenvalue weighted by atomic mass is 32.2. The van der Waals surface area contributed by atoms with Crippen LogP contribution in [0.1, 0.15) is 31.3 Å².